The summed E-state index contributed by atoms with van der Waals surface area (Å²) in [6, 6.07) is 3.40. The average molecular weight is 333 g/mol. The van der Waals surface area contributed by atoms with Crippen molar-refractivity contribution in [3.8, 4) is 5.75 Å². The summed E-state index contributed by atoms with van der Waals surface area (Å²) >= 11 is 0. The number of ether oxygens (including phenoxy) is 2. The molecule has 0 aliphatic heterocycles. The van der Waals surface area contributed by atoms with Crippen molar-refractivity contribution < 1.29 is 27.4 Å². The van der Waals surface area contributed by atoms with Crippen LogP contribution in [-0.2, 0) is 15.7 Å². The second-order valence-corrected chi connectivity index (χ2v) is 5.28. The summed E-state index contributed by atoms with van der Waals surface area (Å²) in [6.07, 6.45) is -3.39. The van der Waals surface area contributed by atoms with Gasteiger partial charge in [0, 0.05) is 12.3 Å². The minimum Gasteiger partial charge on any atom is -0.496 e. The first-order valence-electron chi connectivity index (χ1n) is 7.38. The number of halogens is 3. The molecule has 4 nitrogen and oxygen atoms in total. The van der Waals surface area contributed by atoms with Crippen molar-refractivity contribution in [3.63, 3.8) is 0 Å². The lowest BCUT2D eigenvalue weighted by Crippen LogP contribution is -2.42. The van der Waals surface area contributed by atoms with E-state index in [4.69, 9.17) is 9.47 Å². The maximum Gasteiger partial charge on any atom is 0.420 e. The van der Waals surface area contributed by atoms with Gasteiger partial charge in [-0.05, 0) is 38.5 Å². The van der Waals surface area contributed by atoms with E-state index in [2.05, 4.69) is 5.32 Å². The highest BCUT2D eigenvalue weighted by Crippen LogP contribution is 2.38. The van der Waals surface area contributed by atoms with Gasteiger partial charge in [-0.2, -0.15) is 13.2 Å². The summed E-state index contributed by atoms with van der Waals surface area (Å²) in [4.78, 5) is 12.4. The number of hydrogen-bond acceptors (Lipinski definition) is 3. The standard InChI is InChI=1S/C16H22F3NO3/c1-5-9-15(3,23-6-2)14(21)20-11-7-8-13(22-4)12(10-11)16(17,18)19/h7-8,10H,5-6,9H2,1-4H3,(H,20,21)/t15-/m0/s1. The molecule has 1 amide bonds. The van der Waals surface area contributed by atoms with Gasteiger partial charge in [0.2, 0.25) is 0 Å². The largest absolute Gasteiger partial charge is 0.496 e. The summed E-state index contributed by atoms with van der Waals surface area (Å²) in [5.74, 6) is -0.767. The molecule has 1 N–H and O–H groups in total. The summed E-state index contributed by atoms with van der Waals surface area (Å²) in [5.41, 5.74) is -1.97. The Labute approximate surface area is 134 Å². The molecule has 7 heteroatoms. The van der Waals surface area contributed by atoms with Crippen molar-refractivity contribution in [2.45, 2.75) is 45.4 Å². The predicted molar refractivity (Wildman–Crippen MR) is 81.6 cm³/mol. The molecule has 1 atom stereocenters. The monoisotopic (exact) mass is 333 g/mol. The molecule has 0 radical (unpaired) electrons. The van der Waals surface area contributed by atoms with E-state index in [1.807, 2.05) is 6.92 Å². The molecule has 0 spiro atoms. The SMILES string of the molecule is CCC[C@](C)(OCC)C(=O)Nc1ccc(OC)c(C(F)(F)F)c1. The second-order valence-electron chi connectivity index (χ2n) is 5.28. The zero-order valence-corrected chi connectivity index (χ0v) is 13.7. The van der Waals surface area contributed by atoms with Crippen LogP contribution in [0.3, 0.4) is 0 Å². The van der Waals surface area contributed by atoms with Gasteiger partial charge < -0.3 is 14.8 Å². The molecule has 0 aromatic heterocycles. The normalized spacial score (nSPS) is 14.2. The molecule has 0 saturated heterocycles. The number of carbonyl (C=O) groups excluding carboxylic acids is 1. The van der Waals surface area contributed by atoms with Crippen LogP contribution in [0.4, 0.5) is 18.9 Å². The molecule has 0 unspecified atom stereocenters. The molecular formula is C16H22F3NO3. The van der Waals surface area contributed by atoms with E-state index in [1.54, 1.807) is 13.8 Å². The van der Waals surface area contributed by atoms with E-state index in [0.717, 1.165) is 13.2 Å². The number of carbonyl (C=O) groups is 1. The van der Waals surface area contributed by atoms with E-state index >= 15 is 0 Å². The summed E-state index contributed by atoms with van der Waals surface area (Å²) in [6.45, 7) is 5.62. The molecule has 1 rings (SSSR count). The first-order chi connectivity index (χ1) is 10.7. The van der Waals surface area contributed by atoms with Crippen molar-refractivity contribution in [3.05, 3.63) is 23.8 Å². The summed E-state index contributed by atoms with van der Waals surface area (Å²) < 4.78 is 49.2. The molecule has 0 bridgehead atoms. The Hall–Kier alpha value is -1.76. The van der Waals surface area contributed by atoms with Gasteiger partial charge in [-0.1, -0.05) is 13.3 Å². The Morgan fingerprint density at radius 2 is 1.91 bits per heavy atom. The van der Waals surface area contributed by atoms with Gasteiger partial charge in [0.05, 0.1) is 12.7 Å². The first kappa shape index (κ1) is 19.3. The second kappa shape index (κ2) is 7.68. The van der Waals surface area contributed by atoms with Crippen molar-refractivity contribution >= 4 is 11.6 Å². The third-order valence-electron chi connectivity index (χ3n) is 3.43. The van der Waals surface area contributed by atoms with Gasteiger partial charge in [-0.3, -0.25) is 4.79 Å². The highest BCUT2D eigenvalue weighted by Gasteiger charge is 2.36. The lowest BCUT2D eigenvalue weighted by molar-refractivity contribution is -0.140. The van der Waals surface area contributed by atoms with Gasteiger partial charge in [-0.25, -0.2) is 0 Å². The Morgan fingerprint density at radius 1 is 1.26 bits per heavy atom. The number of benzene rings is 1. The maximum atomic E-state index is 13.0. The van der Waals surface area contributed by atoms with E-state index in [0.29, 0.717) is 19.4 Å². The third-order valence-corrected chi connectivity index (χ3v) is 3.43. The zero-order chi connectivity index (χ0) is 17.7. The van der Waals surface area contributed by atoms with Crippen molar-refractivity contribution in [1.29, 1.82) is 0 Å². The fourth-order valence-corrected chi connectivity index (χ4v) is 2.32. The van der Waals surface area contributed by atoms with E-state index < -0.39 is 23.2 Å². The van der Waals surface area contributed by atoms with Gasteiger partial charge in [0.1, 0.15) is 11.4 Å². The van der Waals surface area contributed by atoms with E-state index in [9.17, 15) is 18.0 Å². The number of anilines is 1. The van der Waals surface area contributed by atoms with Crippen molar-refractivity contribution in [2.24, 2.45) is 0 Å². The number of amides is 1. The number of nitrogens with one attached hydrogen (secondary N) is 1. The van der Waals surface area contributed by atoms with E-state index in [1.165, 1.54) is 12.1 Å². The molecule has 23 heavy (non-hydrogen) atoms. The number of methoxy groups -OCH3 is 1. The smallest absolute Gasteiger partial charge is 0.420 e. The Morgan fingerprint density at radius 3 is 2.39 bits per heavy atom. The van der Waals surface area contributed by atoms with Crippen LogP contribution in [0.2, 0.25) is 0 Å². The summed E-state index contributed by atoms with van der Waals surface area (Å²) in [5, 5.41) is 2.50. The summed E-state index contributed by atoms with van der Waals surface area (Å²) in [7, 11) is 1.16. The van der Waals surface area contributed by atoms with Gasteiger partial charge >= 0.3 is 6.18 Å². The van der Waals surface area contributed by atoms with Crippen LogP contribution in [0.5, 0.6) is 5.75 Å². The number of alkyl halides is 3. The van der Waals surface area contributed by atoms with Gasteiger partial charge in [-0.15, -0.1) is 0 Å². The quantitative estimate of drug-likeness (QED) is 0.811. The lowest BCUT2D eigenvalue weighted by Gasteiger charge is -2.28. The van der Waals surface area contributed by atoms with Crippen LogP contribution in [0, 0.1) is 0 Å². The topological polar surface area (TPSA) is 47.6 Å². The maximum absolute atomic E-state index is 13.0. The molecular weight excluding hydrogens is 311 g/mol. The Balaban J connectivity index is 3.06. The highest BCUT2D eigenvalue weighted by molar-refractivity contribution is 5.97. The zero-order valence-electron chi connectivity index (χ0n) is 13.7. The molecule has 0 aliphatic carbocycles. The molecule has 0 heterocycles. The lowest BCUT2D eigenvalue weighted by atomic mass is 9.99. The van der Waals surface area contributed by atoms with Crippen LogP contribution < -0.4 is 10.1 Å². The fourth-order valence-electron chi connectivity index (χ4n) is 2.32. The third kappa shape index (κ3) is 4.86. The van der Waals surface area contributed by atoms with Crippen LogP contribution in [0.1, 0.15) is 39.2 Å². The van der Waals surface area contributed by atoms with Crippen LogP contribution in [-0.4, -0.2) is 25.2 Å². The Bertz CT molecular complexity index is 538. The van der Waals surface area contributed by atoms with Crippen molar-refractivity contribution in [2.75, 3.05) is 19.0 Å². The minimum absolute atomic E-state index is 0.0464. The molecule has 0 fully saturated rings. The van der Waals surface area contributed by atoms with Crippen molar-refractivity contribution in [1.82, 2.24) is 0 Å². The van der Waals surface area contributed by atoms with Gasteiger partial charge in [0.15, 0.2) is 0 Å². The van der Waals surface area contributed by atoms with Crippen LogP contribution in [0.25, 0.3) is 0 Å². The molecule has 0 aliphatic rings. The molecule has 1 aromatic carbocycles. The van der Waals surface area contributed by atoms with E-state index in [-0.39, 0.29) is 11.4 Å². The molecule has 130 valence electrons. The number of hydrogen-bond donors (Lipinski definition) is 1. The molecule has 1 aromatic rings. The first-order valence-corrected chi connectivity index (χ1v) is 7.38. The minimum atomic E-state index is -4.57. The van der Waals surface area contributed by atoms with Gasteiger partial charge in [0.25, 0.3) is 5.91 Å². The van der Waals surface area contributed by atoms with Crippen LogP contribution >= 0.6 is 0 Å². The molecule has 0 saturated carbocycles. The predicted octanol–water partition coefficient (Wildman–Crippen LogP) is 4.25. The highest BCUT2D eigenvalue weighted by atomic mass is 19.4. The Kier molecular flexibility index (Phi) is 6.44. The number of rotatable bonds is 7. The van der Waals surface area contributed by atoms with Crippen LogP contribution in [0.15, 0.2) is 18.2 Å². The average Bonchev–Trinajstić information content (AvgIpc) is 2.46. The fraction of sp³-hybridized carbons (Fsp3) is 0.562.